The van der Waals surface area contributed by atoms with Crippen LogP contribution in [-0.4, -0.2) is 7.11 Å². The second kappa shape index (κ2) is 10.1. The Hall–Kier alpha value is -4.08. The van der Waals surface area contributed by atoms with Gasteiger partial charge in [0.1, 0.15) is 11.5 Å². The molecule has 0 fully saturated rings. The normalized spacial score (nSPS) is 11.1. The third-order valence-corrected chi connectivity index (χ3v) is 5.74. The molecular weight excluding hydrogens is 508 g/mol. The maximum Gasteiger partial charge on any atom is 0.204 e. The fourth-order valence-corrected chi connectivity index (χ4v) is 3.64. The highest BCUT2D eigenvalue weighted by Gasteiger charge is 2.30. The lowest BCUT2D eigenvalue weighted by Gasteiger charge is -2.15. The van der Waals surface area contributed by atoms with Crippen molar-refractivity contribution in [3.05, 3.63) is 112 Å². The summed E-state index contributed by atoms with van der Waals surface area (Å²) in [5.41, 5.74) is -2.45. The second-order valence-corrected chi connectivity index (χ2v) is 7.95. The summed E-state index contributed by atoms with van der Waals surface area (Å²) in [5.74, 6) is -16.5. The van der Waals surface area contributed by atoms with Crippen LogP contribution in [0.4, 0.5) is 35.1 Å². The summed E-state index contributed by atoms with van der Waals surface area (Å²) in [6.07, 6.45) is -1.51. The maximum absolute atomic E-state index is 14.7. The standard InChI is InChI=1S/C27H16F8O2/c1-12-19(28)21(30)17(22(31)20(12)29)11-18-23(32)25(34)27(26(35)24(18)33)37-16-9-5-14(6-10-16)13-3-7-15(36-2)8-4-13/h3-10H,11H2,1-2H3. The molecular formula is C27H16F8O2. The molecule has 4 rings (SSSR count). The minimum absolute atomic E-state index is 0.179. The molecule has 0 aromatic heterocycles. The SMILES string of the molecule is COc1ccc(-c2ccc(Oc3c(F)c(F)c(Cc4c(F)c(F)c(C)c(F)c4F)c(F)c3F)cc2)cc1. The van der Waals surface area contributed by atoms with E-state index < -0.39 is 75.4 Å². The Morgan fingerprint density at radius 3 is 1.30 bits per heavy atom. The highest BCUT2D eigenvalue weighted by molar-refractivity contribution is 5.65. The third kappa shape index (κ3) is 4.71. The lowest BCUT2D eigenvalue weighted by Crippen LogP contribution is -2.11. The Labute approximate surface area is 205 Å². The minimum Gasteiger partial charge on any atom is -0.497 e. The Morgan fingerprint density at radius 2 is 0.892 bits per heavy atom. The van der Waals surface area contributed by atoms with Gasteiger partial charge in [-0.2, -0.15) is 8.78 Å². The quantitative estimate of drug-likeness (QED) is 0.187. The summed E-state index contributed by atoms with van der Waals surface area (Å²) >= 11 is 0. The summed E-state index contributed by atoms with van der Waals surface area (Å²) in [6, 6.07) is 12.6. The predicted molar refractivity (Wildman–Crippen MR) is 119 cm³/mol. The van der Waals surface area contributed by atoms with E-state index in [1.807, 2.05) is 0 Å². The van der Waals surface area contributed by atoms with Gasteiger partial charge in [-0.15, -0.1) is 0 Å². The van der Waals surface area contributed by atoms with E-state index in [4.69, 9.17) is 9.47 Å². The number of methoxy groups -OCH3 is 1. The van der Waals surface area contributed by atoms with E-state index in [1.165, 1.54) is 31.4 Å². The van der Waals surface area contributed by atoms with Crippen LogP contribution in [0.3, 0.4) is 0 Å². The first-order chi connectivity index (χ1) is 17.5. The third-order valence-electron chi connectivity index (χ3n) is 5.74. The van der Waals surface area contributed by atoms with Crippen molar-refractivity contribution in [2.24, 2.45) is 0 Å². The Kier molecular flexibility index (Phi) is 7.11. The van der Waals surface area contributed by atoms with E-state index >= 15 is 0 Å². The highest BCUT2D eigenvalue weighted by atomic mass is 19.2. The average Bonchev–Trinajstić information content (AvgIpc) is 2.92. The van der Waals surface area contributed by atoms with Crippen molar-refractivity contribution in [2.75, 3.05) is 7.11 Å². The van der Waals surface area contributed by atoms with Crippen molar-refractivity contribution in [1.82, 2.24) is 0 Å². The fraction of sp³-hybridized carbons (Fsp3) is 0.111. The molecule has 0 amide bonds. The summed E-state index contributed by atoms with van der Waals surface area (Å²) in [6.45, 7) is 0.747. The molecule has 0 heterocycles. The molecule has 0 aliphatic heterocycles. The van der Waals surface area contributed by atoms with Gasteiger partial charge >= 0.3 is 0 Å². The zero-order valence-electron chi connectivity index (χ0n) is 19.2. The topological polar surface area (TPSA) is 18.5 Å². The molecule has 37 heavy (non-hydrogen) atoms. The van der Waals surface area contributed by atoms with Crippen LogP contribution in [-0.2, 0) is 6.42 Å². The molecule has 4 aromatic rings. The zero-order valence-corrected chi connectivity index (χ0v) is 19.2. The Bertz CT molecular complexity index is 1420. The summed E-state index contributed by atoms with van der Waals surface area (Å²) in [4.78, 5) is 0. The Balaban J connectivity index is 1.66. The lowest BCUT2D eigenvalue weighted by atomic mass is 9.99. The van der Waals surface area contributed by atoms with E-state index in [2.05, 4.69) is 0 Å². The smallest absolute Gasteiger partial charge is 0.204 e. The van der Waals surface area contributed by atoms with Crippen molar-refractivity contribution >= 4 is 0 Å². The first kappa shape index (κ1) is 26.0. The van der Waals surface area contributed by atoms with E-state index in [9.17, 15) is 35.1 Å². The van der Waals surface area contributed by atoms with Gasteiger partial charge in [-0.05, 0) is 42.3 Å². The number of halogens is 8. The van der Waals surface area contributed by atoms with Gasteiger partial charge in [-0.1, -0.05) is 24.3 Å². The predicted octanol–water partition coefficient (Wildman–Crippen LogP) is 8.17. The zero-order chi connectivity index (χ0) is 27.0. The van der Waals surface area contributed by atoms with Crippen LogP contribution in [0.25, 0.3) is 11.1 Å². The van der Waals surface area contributed by atoms with Gasteiger partial charge in [0.15, 0.2) is 34.9 Å². The molecule has 0 aliphatic rings. The van der Waals surface area contributed by atoms with Gasteiger partial charge < -0.3 is 9.47 Å². The molecule has 0 N–H and O–H groups in total. The largest absolute Gasteiger partial charge is 0.497 e. The molecule has 0 atom stereocenters. The van der Waals surface area contributed by atoms with Crippen LogP contribution >= 0.6 is 0 Å². The van der Waals surface area contributed by atoms with Gasteiger partial charge in [0.25, 0.3) is 0 Å². The number of ether oxygens (including phenoxy) is 2. The number of hydrogen-bond donors (Lipinski definition) is 0. The van der Waals surface area contributed by atoms with Crippen LogP contribution in [0.2, 0.25) is 0 Å². The molecule has 0 radical (unpaired) electrons. The van der Waals surface area contributed by atoms with E-state index in [0.29, 0.717) is 11.3 Å². The van der Waals surface area contributed by atoms with E-state index in [-0.39, 0.29) is 5.75 Å². The highest BCUT2D eigenvalue weighted by Crippen LogP contribution is 2.36. The van der Waals surface area contributed by atoms with Crippen molar-refractivity contribution in [2.45, 2.75) is 13.3 Å². The molecule has 0 unspecified atom stereocenters. The number of rotatable bonds is 6. The molecule has 0 saturated carbocycles. The lowest BCUT2D eigenvalue weighted by molar-refractivity contribution is 0.360. The van der Waals surface area contributed by atoms with Crippen LogP contribution in [0.5, 0.6) is 17.2 Å². The van der Waals surface area contributed by atoms with Gasteiger partial charge in [0.2, 0.25) is 17.4 Å². The summed E-state index contributed by atoms with van der Waals surface area (Å²) < 4.78 is 125. The molecule has 0 spiro atoms. The summed E-state index contributed by atoms with van der Waals surface area (Å²) in [7, 11) is 1.51. The van der Waals surface area contributed by atoms with Gasteiger partial charge in [-0.3, -0.25) is 0 Å². The van der Waals surface area contributed by atoms with E-state index in [0.717, 1.165) is 12.5 Å². The molecule has 0 saturated heterocycles. The van der Waals surface area contributed by atoms with Gasteiger partial charge in [0, 0.05) is 23.1 Å². The number of benzene rings is 4. The Morgan fingerprint density at radius 1 is 0.514 bits per heavy atom. The fourth-order valence-electron chi connectivity index (χ4n) is 3.64. The monoisotopic (exact) mass is 524 g/mol. The second-order valence-electron chi connectivity index (χ2n) is 7.95. The van der Waals surface area contributed by atoms with E-state index in [1.54, 1.807) is 24.3 Å². The molecule has 2 nitrogen and oxygen atoms in total. The average molecular weight is 524 g/mol. The molecule has 192 valence electrons. The van der Waals surface area contributed by atoms with Crippen molar-refractivity contribution < 1.29 is 44.6 Å². The van der Waals surface area contributed by atoms with Crippen LogP contribution in [0.15, 0.2) is 48.5 Å². The first-order valence-corrected chi connectivity index (χ1v) is 10.6. The van der Waals surface area contributed by atoms with Crippen molar-refractivity contribution in [1.29, 1.82) is 0 Å². The van der Waals surface area contributed by atoms with Gasteiger partial charge in [-0.25, -0.2) is 26.3 Å². The molecule has 0 aliphatic carbocycles. The molecule has 10 heteroatoms. The summed E-state index contributed by atoms with van der Waals surface area (Å²) in [5, 5.41) is 0. The number of hydrogen-bond acceptors (Lipinski definition) is 2. The minimum atomic E-state index is -2.04. The molecule has 0 bridgehead atoms. The maximum atomic E-state index is 14.7. The first-order valence-electron chi connectivity index (χ1n) is 10.6. The van der Waals surface area contributed by atoms with Crippen LogP contribution < -0.4 is 9.47 Å². The van der Waals surface area contributed by atoms with Crippen molar-refractivity contribution in [3.63, 3.8) is 0 Å². The van der Waals surface area contributed by atoms with Crippen LogP contribution in [0.1, 0.15) is 16.7 Å². The van der Waals surface area contributed by atoms with Crippen LogP contribution in [0, 0.1) is 53.5 Å². The molecule has 4 aromatic carbocycles. The van der Waals surface area contributed by atoms with Gasteiger partial charge in [0.05, 0.1) is 7.11 Å². The van der Waals surface area contributed by atoms with Crippen molar-refractivity contribution in [3.8, 4) is 28.4 Å².